The molecule has 1 aliphatic carbocycles. The number of carbonyl (C=O) groups is 1. The molecule has 4 nitrogen and oxygen atoms in total. The third-order valence-corrected chi connectivity index (χ3v) is 4.74. The number of para-hydroxylation sites is 1. The number of ether oxygens (including phenoxy) is 1. The highest BCUT2D eigenvalue weighted by atomic mass is 16.5. The number of piperidine rings is 1. The van der Waals surface area contributed by atoms with E-state index in [1.165, 1.54) is 6.42 Å². The third kappa shape index (κ3) is 3.08. The van der Waals surface area contributed by atoms with Crippen LogP contribution in [0.15, 0.2) is 54.6 Å². The second-order valence-corrected chi connectivity index (χ2v) is 6.37. The monoisotopic (exact) mass is 308 g/mol. The van der Waals surface area contributed by atoms with Crippen molar-refractivity contribution in [2.24, 2.45) is 5.92 Å². The molecule has 4 rings (SSSR count). The molecule has 118 valence electrons. The number of benzene rings is 2. The van der Waals surface area contributed by atoms with Gasteiger partial charge in [-0.1, -0.05) is 18.2 Å². The fourth-order valence-corrected chi connectivity index (χ4v) is 3.56. The number of hydrogen-bond acceptors (Lipinski definition) is 3. The van der Waals surface area contributed by atoms with Crippen molar-refractivity contribution in [2.75, 3.05) is 6.54 Å². The Morgan fingerprint density at radius 1 is 1.00 bits per heavy atom. The molecule has 2 bridgehead atoms. The molecule has 1 saturated heterocycles. The summed E-state index contributed by atoms with van der Waals surface area (Å²) in [7, 11) is 0. The van der Waals surface area contributed by atoms with Crippen LogP contribution in [0.4, 0.5) is 0 Å². The minimum Gasteiger partial charge on any atom is -0.457 e. The maximum Gasteiger partial charge on any atom is 0.251 e. The van der Waals surface area contributed by atoms with Gasteiger partial charge in [0, 0.05) is 17.6 Å². The van der Waals surface area contributed by atoms with E-state index in [9.17, 15) is 4.79 Å². The van der Waals surface area contributed by atoms with Crippen LogP contribution in [0.1, 0.15) is 23.2 Å². The highest BCUT2D eigenvalue weighted by Gasteiger charge is 2.39. The normalized spacial score (nSPS) is 25.3. The summed E-state index contributed by atoms with van der Waals surface area (Å²) in [5.41, 5.74) is 0.674. The first-order chi connectivity index (χ1) is 11.3. The number of hydrogen-bond donors (Lipinski definition) is 2. The molecule has 2 fully saturated rings. The number of rotatable bonds is 4. The summed E-state index contributed by atoms with van der Waals surface area (Å²) in [5, 5.41) is 6.62. The van der Waals surface area contributed by atoms with Gasteiger partial charge in [-0.05, 0) is 61.7 Å². The van der Waals surface area contributed by atoms with Crippen molar-refractivity contribution in [3.63, 3.8) is 0 Å². The van der Waals surface area contributed by atoms with Gasteiger partial charge in [0.05, 0.1) is 0 Å². The highest BCUT2D eigenvalue weighted by molar-refractivity contribution is 5.94. The molecule has 1 heterocycles. The van der Waals surface area contributed by atoms with Gasteiger partial charge in [-0.2, -0.15) is 0 Å². The molecule has 2 aromatic rings. The Kier molecular flexibility index (Phi) is 3.75. The fourth-order valence-electron chi connectivity index (χ4n) is 3.56. The Morgan fingerprint density at radius 3 is 2.39 bits per heavy atom. The van der Waals surface area contributed by atoms with E-state index in [1.807, 2.05) is 54.6 Å². The molecule has 0 aromatic heterocycles. The van der Waals surface area contributed by atoms with E-state index in [0.717, 1.165) is 30.4 Å². The van der Waals surface area contributed by atoms with Gasteiger partial charge in [0.25, 0.3) is 5.91 Å². The molecule has 1 saturated carbocycles. The van der Waals surface area contributed by atoms with Crippen LogP contribution in [0.2, 0.25) is 0 Å². The number of carbonyl (C=O) groups excluding carboxylic acids is 1. The van der Waals surface area contributed by atoms with Gasteiger partial charge in [-0.25, -0.2) is 0 Å². The Bertz CT molecular complexity index is 684. The van der Waals surface area contributed by atoms with Gasteiger partial charge < -0.3 is 15.4 Å². The lowest BCUT2D eigenvalue weighted by Gasteiger charge is -2.24. The van der Waals surface area contributed by atoms with Crippen LogP contribution in [0.3, 0.4) is 0 Å². The van der Waals surface area contributed by atoms with Crippen LogP contribution in [-0.4, -0.2) is 24.5 Å². The highest BCUT2D eigenvalue weighted by Crippen LogP contribution is 2.31. The van der Waals surface area contributed by atoms with Gasteiger partial charge >= 0.3 is 0 Å². The molecule has 2 aliphatic rings. The van der Waals surface area contributed by atoms with E-state index in [1.54, 1.807) is 0 Å². The largest absolute Gasteiger partial charge is 0.457 e. The number of fused-ring (bicyclic) bond motifs is 2. The first-order valence-electron chi connectivity index (χ1n) is 8.15. The smallest absolute Gasteiger partial charge is 0.251 e. The molecular weight excluding hydrogens is 288 g/mol. The van der Waals surface area contributed by atoms with E-state index in [0.29, 0.717) is 11.6 Å². The second kappa shape index (κ2) is 6.05. The molecule has 23 heavy (non-hydrogen) atoms. The van der Waals surface area contributed by atoms with Crippen molar-refractivity contribution in [1.29, 1.82) is 0 Å². The third-order valence-electron chi connectivity index (χ3n) is 4.74. The zero-order valence-electron chi connectivity index (χ0n) is 12.9. The van der Waals surface area contributed by atoms with Gasteiger partial charge in [0.15, 0.2) is 0 Å². The fraction of sp³-hybridized carbons (Fsp3) is 0.316. The Balaban J connectivity index is 1.38. The van der Waals surface area contributed by atoms with Crippen molar-refractivity contribution in [2.45, 2.75) is 24.9 Å². The van der Waals surface area contributed by atoms with E-state index in [2.05, 4.69) is 10.6 Å². The molecular formula is C19H20N2O2. The van der Waals surface area contributed by atoms with Gasteiger partial charge in [0.1, 0.15) is 11.5 Å². The van der Waals surface area contributed by atoms with Crippen LogP contribution >= 0.6 is 0 Å². The lowest BCUT2D eigenvalue weighted by Crippen LogP contribution is -2.47. The van der Waals surface area contributed by atoms with Crippen molar-refractivity contribution in [1.82, 2.24) is 10.6 Å². The second-order valence-electron chi connectivity index (χ2n) is 6.37. The zero-order chi connectivity index (χ0) is 15.6. The maximum atomic E-state index is 12.4. The number of amides is 1. The molecule has 2 aromatic carbocycles. The number of nitrogens with one attached hydrogen (secondary N) is 2. The van der Waals surface area contributed by atoms with Crippen molar-refractivity contribution >= 4 is 5.91 Å². The van der Waals surface area contributed by atoms with Crippen molar-refractivity contribution in [3.8, 4) is 11.5 Å². The lowest BCUT2D eigenvalue weighted by molar-refractivity contribution is 0.0928. The van der Waals surface area contributed by atoms with E-state index >= 15 is 0 Å². The van der Waals surface area contributed by atoms with Crippen LogP contribution in [0.5, 0.6) is 11.5 Å². The quantitative estimate of drug-likeness (QED) is 0.913. The van der Waals surface area contributed by atoms with Crippen molar-refractivity contribution in [3.05, 3.63) is 60.2 Å². The summed E-state index contributed by atoms with van der Waals surface area (Å²) in [4.78, 5) is 12.4. The summed E-state index contributed by atoms with van der Waals surface area (Å²) in [6.07, 6.45) is 2.29. The predicted molar refractivity (Wildman–Crippen MR) is 88.7 cm³/mol. The molecule has 3 unspecified atom stereocenters. The van der Waals surface area contributed by atoms with Crippen molar-refractivity contribution < 1.29 is 9.53 Å². The molecule has 1 amide bonds. The van der Waals surface area contributed by atoms with Crippen LogP contribution in [0.25, 0.3) is 0 Å². The molecule has 2 N–H and O–H groups in total. The predicted octanol–water partition coefficient (Wildman–Crippen LogP) is 2.96. The summed E-state index contributed by atoms with van der Waals surface area (Å²) < 4.78 is 5.75. The first kappa shape index (κ1) is 14.3. The van der Waals surface area contributed by atoms with Crippen LogP contribution in [-0.2, 0) is 0 Å². The van der Waals surface area contributed by atoms with Crippen LogP contribution < -0.4 is 15.4 Å². The van der Waals surface area contributed by atoms with Gasteiger partial charge in [0.2, 0.25) is 0 Å². The molecule has 3 atom stereocenters. The zero-order valence-corrected chi connectivity index (χ0v) is 12.9. The first-order valence-corrected chi connectivity index (χ1v) is 8.15. The molecule has 1 aliphatic heterocycles. The summed E-state index contributed by atoms with van der Waals surface area (Å²) in [5.74, 6) is 2.25. The maximum absolute atomic E-state index is 12.4. The average Bonchev–Trinajstić information content (AvgIpc) is 3.19. The van der Waals surface area contributed by atoms with Crippen LogP contribution in [0, 0.1) is 5.92 Å². The minimum atomic E-state index is -0.00406. The Morgan fingerprint density at radius 2 is 1.74 bits per heavy atom. The summed E-state index contributed by atoms with van der Waals surface area (Å²) in [6.45, 7) is 1.10. The molecule has 4 heteroatoms. The van der Waals surface area contributed by atoms with E-state index in [-0.39, 0.29) is 11.9 Å². The SMILES string of the molecule is O=C(NC1CC2CNC1C2)c1ccc(Oc2ccccc2)cc1. The van der Waals surface area contributed by atoms with E-state index < -0.39 is 0 Å². The molecule has 0 spiro atoms. The van der Waals surface area contributed by atoms with Gasteiger partial charge in [-0.3, -0.25) is 4.79 Å². The summed E-state index contributed by atoms with van der Waals surface area (Å²) >= 11 is 0. The minimum absolute atomic E-state index is 0.00406. The lowest BCUT2D eigenvalue weighted by atomic mass is 10.1. The van der Waals surface area contributed by atoms with Gasteiger partial charge in [-0.15, -0.1) is 0 Å². The Hall–Kier alpha value is -2.33. The molecule has 0 radical (unpaired) electrons. The topological polar surface area (TPSA) is 50.4 Å². The summed E-state index contributed by atoms with van der Waals surface area (Å²) in [6, 6.07) is 17.6. The van der Waals surface area contributed by atoms with E-state index in [4.69, 9.17) is 4.74 Å². The standard InChI is InChI=1S/C19H20N2O2/c22-19(21-18-11-13-10-17(18)20-12-13)14-6-8-16(9-7-14)23-15-4-2-1-3-5-15/h1-9,13,17-18,20H,10-12H2,(H,21,22). The Labute approximate surface area is 135 Å². The average molecular weight is 308 g/mol.